The molecule has 1 aliphatic heterocycles. The van der Waals surface area contributed by atoms with Gasteiger partial charge in [0, 0.05) is 30.4 Å². The summed E-state index contributed by atoms with van der Waals surface area (Å²) in [6.07, 6.45) is 4.52. The normalized spacial score (nSPS) is 19.0. The maximum Gasteiger partial charge on any atom is 0.263 e. The van der Waals surface area contributed by atoms with E-state index in [1.807, 2.05) is 11.0 Å². The Morgan fingerprint density at radius 3 is 2.67 bits per heavy atom. The predicted octanol–water partition coefficient (Wildman–Crippen LogP) is 3.54. The van der Waals surface area contributed by atoms with Crippen LogP contribution in [0.1, 0.15) is 44.9 Å². The van der Waals surface area contributed by atoms with Gasteiger partial charge in [-0.15, -0.1) is 11.3 Å². The lowest BCUT2D eigenvalue weighted by molar-refractivity contribution is -0.125. The van der Waals surface area contributed by atoms with E-state index in [1.165, 1.54) is 17.0 Å². The topological polar surface area (TPSA) is 49.4 Å². The van der Waals surface area contributed by atoms with Crippen molar-refractivity contribution in [1.82, 2.24) is 10.2 Å². The molecule has 142 valence electrons. The summed E-state index contributed by atoms with van der Waals surface area (Å²) < 4.78 is 13.0. The number of thiophene rings is 1. The van der Waals surface area contributed by atoms with E-state index in [0.29, 0.717) is 13.0 Å². The average Bonchev–Trinajstić information content (AvgIpc) is 3.36. The van der Waals surface area contributed by atoms with Crippen molar-refractivity contribution in [1.29, 1.82) is 0 Å². The Balaban J connectivity index is 1.36. The summed E-state index contributed by atoms with van der Waals surface area (Å²) in [6, 6.07) is 8.17. The molecule has 1 atom stereocenters. The summed E-state index contributed by atoms with van der Waals surface area (Å²) in [5.74, 6) is -0.170. The summed E-state index contributed by atoms with van der Waals surface area (Å²) in [5, 5.41) is 2.96. The van der Waals surface area contributed by atoms with Crippen LogP contribution < -0.4 is 5.32 Å². The van der Waals surface area contributed by atoms with Crippen LogP contribution in [0.4, 0.5) is 4.39 Å². The zero-order valence-corrected chi connectivity index (χ0v) is 16.0. The van der Waals surface area contributed by atoms with Crippen LogP contribution in [-0.4, -0.2) is 29.8 Å². The van der Waals surface area contributed by atoms with Gasteiger partial charge in [0.05, 0.1) is 4.88 Å². The van der Waals surface area contributed by atoms with E-state index in [0.717, 1.165) is 54.8 Å². The predicted molar refractivity (Wildman–Crippen MR) is 103 cm³/mol. The van der Waals surface area contributed by atoms with Gasteiger partial charge in [0.25, 0.3) is 5.91 Å². The number of rotatable bonds is 4. The van der Waals surface area contributed by atoms with Crippen LogP contribution in [0.3, 0.4) is 0 Å². The van der Waals surface area contributed by atoms with Gasteiger partial charge in [-0.05, 0) is 61.4 Å². The second kappa shape index (κ2) is 7.80. The van der Waals surface area contributed by atoms with Gasteiger partial charge in [0.15, 0.2) is 0 Å². The lowest BCUT2D eigenvalue weighted by Gasteiger charge is -2.21. The lowest BCUT2D eigenvalue weighted by atomic mass is 9.87. The molecule has 2 amide bonds. The summed E-state index contributed by atoms with van der Waals surface area (Å²) >= 11 is 1.60. The standard InChI is InChI=1S/C21H23FN2O2S/c22-17-6-3-14(4-7-17)13-23-20(25)15-5-8-18-16(11-15)12-19(27-18)21(26)24-9-1-2-10-24/h3-4,6-7,12,15H,1-2,5,8-11,13H2,(H,23,25). The van der Waals surface area contributed by atoms with Gasteiger partial charge in [0.2, 0.25) is 5.91 Å². The number of carbonyl (C=O) groups is 2. The molecule has 0 radical (unpaired) electrons. The molecular formula is C21H23FN2O2S. The number of carbonyl (C=O) groups excluding carboxylic acids is 2. The van der Waals surface area contributed by atoms with Crippen LogP contribution in [0, 0.1) is 11.7 Å². The van der Waals surface area contributed by atoms with Crippen LogP contribution in [0.5, 0.6) is 0 Å². The molecule has 6 heteroatoms. The van der Waals surface area contributed by atoms with Crippen molar-refractivity contribution in [2.24, 2.45) is 5.92 Å². The van der Waals surface area contributed by atoms with Gasteiger partial charge in [-0.2, -0.15) is 0 Å². The number of fused-ring (bicyclic) bond motifs is 1. The van der Waals surface area contributed by atoms with Gasteiger partial charge in [-0.3, -0.25) is 9.59 Å². The first kappa shape index (κ1) is 18.2. The Kier molecular flexibility index (Phi) is 5.25. The van der Waals surface area contributed by atoms with E-state index in [-0.39, 0.29) is 23.5 Å². The minimum absolute atomic E-state index is 0.0311. The van der Waals surface area contributed by atoms with Gasteiger partial charge in [0.1, 0.15) is 5.82 Å². The Morgan fingerprint density at radius 1 is 1.19 bits per heavy atom. The van der Waals surface area contributed by atoms with Crippen molar-refractivity contribution in [3.05, 3.63) is 57.0 Å². The smallest absolute Gasteiger partial charge is 0.263 e. The molecule has 27 heavy (non-hydrogen) atoms. The first-order valence-electron chi connectivity index (χ1n) is 9.53. The number of hydrogen-bond donors (Lipinski definition) is 1. The molecule has 1 aliphatic carbocycles. The highest BCUT2D eigenvalue weighted by Crippen LogP contribution is 2.33. The zero-order valence-electron chi connectivity index (χ0n) is 15.2. The minimum atomic E-state index is -0.276. The van der Waals surface area contributed by atoms with Gasteiger partial charge >= 0.3 is 0 Å². The first-order chi connectivity index (χ1) is 13.1. The van der Waals surface area contributed by atoms with Crippen molar-refractivity contribution in [2.45, 2.75) is 38.6 Å². The molecule has 1 aromatic carbocycles. The minimum Gasteiger partial charge on any atom is -0.352 e. The SMILES string of the molecule is O=C(NCc1ccc(F)cc1)C1CCc2sc(C(=O)N3CCCC3)cc2C1. The molecule has 1 unspecified atom stereocenters. The maximum absolute atomic E-state index is 13.0. The number of nitrogens with one attached hydrogen (secondary N) is 1. The van der Waals surface area contributed by atoms with Crippen molar-refractivity contribution >= 4 is 23.2 Å². The first-order valence-corrected chi connectivity index (χ1v) is 10.3. The summed E-state index contributed by atoms with van der Waals surface area (Å²) in [6.45, 7) is 2.12. The van der Waals surface area contributed by atoms with E-state index in [1.54, 1.807) is 23.5 Å². The van der Waals surface area contributed by atoms with E-state index in [4.69, 9.17) is 0 Å². The molecule has 1 saturated heterocycles. The number of halogens is 1. The third-order valence-electron chi connectivity index (χ3n) is 5.44. The number of nitrogens with zero attached hydrogens (tertiary/aromatic N) is 1. The Labute approximate surface area is 162 Å². The third-order valence-corrected chi connectivity index (χ3v) is 6.66. The Hall–Kier alpha value is -2.21. The van der Waals surface area contributed by atoms with Crippen LogP contribution in [0.2, 0.25) is 0 Å². The third kappa shape index (κ3) is 4.05. The number of likely N-dealkylation sites (tertiary alicyclic amines) is 1. The number of aryl methyl sites for hydroxylation is 1. The van der Waals surface area contributed by atoms with Crippen molar-refractivity contribution in [2.75, 3.05) is 13.1 Å². The second-order valence-corrected chi connectivity index (χ2v) is 8.48. The molecule has 2 aromatic rings. The van der Waals surface area contributed by atoms with Crippen LogP contribution in [0.25, 0.3) is 0 Å². The fraction of sp³-hybridized carbons (Fsp3) is 0.429. The van der Waals surface area contributed by atoms with Crippen LogP contribution >= 0.6 is 11.3 Å². The van der Waals surface area contributed by atoms with E-state index < -0.39 is 0 Å². The van der Waals surface area contributed by atoms with E-state index in [9.17, 15) is 14.0 Å². The molecule has 2 aliphatic rings. The summed E-state index contributed by atoms with van der Waals surface area (Å²) in [5.41, 5.74) is 2.03. The molecule has 0 bridgehead atoms. The highest BCUT2D eigenvalue weighted by atomic mass is 32.1. The molecule has 4 nitrogen and oxygen atoms in total. The van der Waals surface area contributed by atoms with Gasteiger partial charge in [-0.1, -0.05) is 12.1 Å². The fourth-order valence-corrected chi connectivity index (χ4v) is 5.04. The van der Waals surface area contributed by atoms with Crippen LogP contribution in [-0.2, 0) is 24.2 Å². The molecule has 1 N–H and O–H groups in total. The molecule has 0 saturated carbocycles. The summed E-state index contributed by atoms with van der Waals surface area (Å²) in [4.78, 5) is 29.1. The molecule has 1 aromatic heterocycles. The molecular weight excluding hydrogens is 363 g/mol. The number of benzene rings is 1. The molecule has 4 rings (SSSR count). The van der Waals surface area contributed by atoms with Crippen molar-refractivity contribution in [3.8, 4) is 0 Å². The fourth-order valence-electron chi connectivity index (χ4n) is 3.86. The average molecular weight is 386 g/mol. The van der Waals surface area contributed by atoms with Gasteiger partial charge < -0.3 is 10.2 Å². The molecule has 0 spiro atoms. The van der Waals surface area contributed by atoms with E-state index in [2.05, 4.69) is 5.32 Å². The van der Waals surface area contributed by atoms with Crippen LogP contribution in [0.15, 0.2) is 30.3 Å². The second-order valence-electron chi connectivity index (χ2n) is 7.34. The Morgan fingerprint density at radius 2 is 1.93 bits per heavy atom. The summed E-state index contributed by atoms with van der Waals surface area (Å²) in [7, 11) is 0. The van der Waals surface area contributed by atoms with E-state index >= 15 is 0 Å². The van der Waals surface area contributed by atoms with Crippen molar-refractivity contribution < 1.29 is 14.0 Å². The van der Waals surface area contributed by atoms with Gasteiger partial charge in [-0.25, -0.2) is 4.39 Å². The maximum atomic E-state index is 13.0. The zero-order chi connectivity index (χ0) is 18.8. The lowest BCUT2D eigenvalue weighted by Crippen LogP contribution is -2.33. The van der Waals surface area contributed by atoms with Crippen molar-refractivity contribution in [3.63, 3.8) is 0 Å². The number of hydrogen-bond acceptors (Lipinski definition) is 3. The Bertz CT molecular complexity index is 840. The molecule has 2 heterocycles. The highest BCUT2D eigenvalue weighted by molar-refractivity contribution is 7.14. The quantitative estimate of drug-likeness (QED) is 0.874. The highest BCUT2D eigenvalue weighted by Gasteiger charge is 2.29. The monoisotopic (exact) mass is 386 g/mol. The number of amides is 2. The molecule has 1 fully saturated rings. The largest absolute Gasteiger partial charge is 0.352 e.